The van der Waals surface area contributed by atoms with Gasteiger partial charge < -0.3 is 30.9 Å². The average Bonchev–Trinajstić information content (AvgIpc) is 2.48. The highest BCUT2D eigenvalue weighted by molar-refractivity contribution is 6.32. The minimum absolute atomic E-state index is 0.261. The Morgan fingerprint density at radius 1 is 1.39 bits per heavy atom. The van der Waals surface area contributed by atoms with Crippen molar-refractivity contribution >= 4 is 17.5 Å². The summed E-state index contributed by atoms with van der Waals surface area (Å²) >= 11 is 6.17. The molecule has 0 unspecified atom stereocenters. The number of ether oxygens (including phenoxy) is 2. The Bertz CT molecular complexity index is 512. The van der Waals surface area contributed by atoms with Crippen LogP contribution in [0.15, 0.2) is 12.1 Å². The monoisotopic (exact) mass is 345 g/mol. The highest BCUT2D eigenvalue weighted by Gasteiger charge is 2.13. The third-order valence-electron chi connectivity index (χ3n) is 2.90. The molecule has 0 bridgehead atoms. The normalized spacial score (nSPS) is 12.0. The minimum atomic E-state index is -0.585. The van der Waals surface area contributed by atoms with Gasteiger partial charge in [0.15, 0.2) is 18.1 Å². The molecule has 0 radical (unpaired) electrons. The number of aliphatic hydroxyl groups excluding tert-OH is 1. The molecule has 7 nitrogen and oxygen atoms in total. The van der Waals surface area contributed by atoms with Gasteiger partial charge in [0.1, 0.15) is 0 Å². The molecule has 0 saturated carbocycles. The summed E-state index contributed by atoms with van der Waals surface area (Å²) in [5.74, 6) is 0.164. The Kier molecular flexibility index (Phi) is 8.71. The second kappa shape index (κ2) is 10.3. The number of rotatable bonds is 11. The van der Waals surface area contributed by atoms with Gasteiger partial charge in [-0.3, -0.25) is 4.79 Å². The minimum Gasteiger partial charge on any atom is -0.493 e. The summed E-state index contributed by atoms with van der Waals surface area (Å²) in [5.41, 5.74) is 5.98. The van der Waals surface area contributed by atoms with Crippen molar-refractivity contribution in [2.24, 2.45) is 5.73 Å². The van der Waals surface area contributed by atoms with Gasteiger partial charge in [-0.1, -0.05) is 11.6 Å². The molecule has 0 aromatic heterocycles. The topological polar surface area (TPSA) is 106 Å². The van der Waals surface area contributed by atoms with Gasteiger partial charge in [-0.25, -0.2) is 0 Å². The van der Waals surface area contributed by atoms with Crippen molar-refractivity contribution in [3.63, 3.8) is 0 Å². The number of methoxy groups -OCH3 is 1. The van der Waals surface area contributed by atoms with Crippen molar-refractivity contribution in [2.45, 2.75) is 19.6 Å². The van der Waals surface area contributed by atoms with E-state index in [1.165, 1.54) is 7.11 Å². The zero-order valence-electron chi connectivity index (χ0n) is 13.4. The number of halogens is 1. The van der Waals surface area contributed by atoms with Crippen molar-refractivity contribution < 1.29 is 19.4 Å². The maximum absolute atomic E-state index is 10.8. The van der Waals surface area contributed by atoms with Crippen LogP contribution in [0.25, 0.3) is 0 Å². The van der Waals surface area contributed by atoms with Gasteiger partial charge in [-0.2, -0.15) is 0 Å². The van der Waals surface area contributed by atoms with Crippen molar-refractivity contribution in [2.75, 3.05) is 33.4 Å². The van der Waals surface area contributed by atoms with E-state index in [9.17, 15) is 4.79 Å². The molecule has 130 valence electrons. The van der Waals surface area contributed by atoms with Crippen LogP contribution in [0.5, 0.6) is 11.5 Å². The SMILES string of the molecule is COc1cc(CNCCNC[C@@H](C)O)cc(Cl)c1OCC(N)=O. The van der Waals surface area contributed by atoms with E-state index in [-0.39, 0.29) is 12.7 Å². The summed E-state index contributed by atoms with van der Waals surface area (Å²) in [5, 5.41) is 15.8. The molecule has 8 heteroatoms. The third kappa shape index (κ3) is 7.51. The molecule has 1 aromatic carbocycles. The highest BCUT2D eigenvalue weighted by atomic mass is 35.5. The van der Waals surface area contributed by atoms with Crippen LogP contribution < -0.4 is 25.8 Å². The number of hydrogen-bond acceptors (Lipinski definition) is 6. The van der Waals surface area contributed by atoms with E-state index in [1.807, 2.05) is 0 Å². The first-order valence-electron chi connectivity index (χ1n) is 7.31. The number of amides is 1. The smallest absolute Gasteiger partial charge is 0.255 e. The fraction of sp³-hybridized carbons (Fsp3) is 0.533. The molecule has 0 aliphatic rings. The average molecular weight is 346 g/mol. The first kappa shape index (κ1) is 19.5. The largest absolute Gasteiger partial charge is 0.493 e. The maximum atomic E-state index is 10.8. The zero-order chi connectivity index (χ0) is 17.2. The van der Waals surface area contributed by atoms with Crippen LogP contribution in [0, 0.1) is 0 Å². The summed E-state index contributed by atoms with van der Waals surface area (Å²) in [6.45, 7) is 4.12. The lowest BCUT2D eigenvalue weighted by molar-refractivity contribution is -0.119. The Morgan fingerprint density at radius 2 is 2.09 bits per heavy atom. The van der Waals surface area contributed by atoms with Crippen LogP contribution in [-0.4, -0.2) is 50.5 Å². The van der Waals surface area contributed by atoms with Crippen molar-refractivity contribution in [3.8, 4) is 11.5 Å². The highest BCUT2D eigenvalue weighted by Crippen LogP contribution is 2.36. The van der Waals surface area contributed by atoms with Crippen LogP contribution in [0.2, 0.25) is 5.02 Å². The number of benzene rings is 1. The lowest BCUT2D eigenvalue weighted by atomic mass is 10.2. The van der Waals surface area contributed by atoms with Crippen LogP contribution in [0.4, 0.5) is 0 Å². The Balaban J connectivity index is 2.53. The summed E-state index contributed by atoms with van der Waals surface area (Å²) < 4.78 is 10.5. The number of carbonyl (C=O) groups is 1. The fourth-order valence-corrected chi connectivity index (χ4v) is 2.17. The van der Waals surface area contributed by atoms with Crippen LogP contribution in [0.3, 0.4) is 0 Å². The van der Waals surface area contributed by atoms with Gasteiger partial charge in [-0.05, 0) is 24.6 Å². The van der Waals surface area contributed by atoms with Crippen LogP contribution in [0.1, 0.15) is 12.5 Å². The number of carbonyl (C=O) groups excluding carboxylic acids is 1. The van der Waals surface area contributed by atoms with Gasteiger partial charge in [0.2, 0.25) is 0 Å². The van der Waals surface area contributed by atoms with E-state index < -0.39 is 5.91 Å². The van der Waals surface area contributed by atoms with E-state index in [1.54, 1.807) is 19.1 Å². The molecule has 0 aliphatic heterocycles. The molecule has 1 rings (SSSR count). The molecule has 0 fully saturated rings. The molecule has 1 aromatic rings. The maximum Gasteiger partial charge on any atom is 0.255 e. The number of nitrogens with one attached hydrogen (secondary N) is 2. The molecule has 23 heavy (non-hydrogen) atoms. The van der Waals surface area contributed by atoms with Gasteiger partial charge in [-0.15, -0.1) is 0 Å². The zero-order valence-corrected chi connectivity index (χ0v) is 14.2. The molecule has 0 heterocycles. The summed E-state index contributed by atoms with van der Waals surface area (Å²) in [4.78, 5) is 10.8. The van der Waals surface area contributed by atoms with Crippen molar-refractivity contribution in [1.29, 1.82) is 0 Å². The molecule has 1 amide bonds. The number of hydrogen-bond donors (Lipinski definition) is 4. The third-order valence-corrected chi connectivity index (χ3v) is 3.18. The van der Waals surface area contributed by atoms with Gasteiger partial charge in [0.05, 0.1) is 18.2 Å². The molecular formula is C15H24ClN3O4. The number of aliphatic hydroxyl groups is 1. The molecule has 5 N–H and O–H groups in total. The van der Waals surface area contributed by atoms with Crippen molar-refractivity contribution in [3.05, 3.63) is 22.7 Å². The van der Waals surface area contributed by atoms with Crippen molar-refractivity contribution in [1.82, 2.24) is 10.6 Å². The summed E-state index contributed by atoms with van der Waals surface area (Å²) in [6.07, 6.45) is -0.356. The van der Waals surface area contributed by atoms with Gasteiger partial charge in [0, 0.05) is 26.2 Å². The van der Waals surface area contributed by atoms with E-state index in [4.69, 9.17) is 31.9 Å². The molecule has 0 aliphatic carbocycles. The summed E-state index contributed by atoms with van der Waals surface area (Å²) in [7, 11) is 1.50. The Hall–Kier alpha value is -1.54. The number of nitrogens with two attached hydrogens (primary N) is 1. The van der Waals surface area contributed by atoms with E-state index >= 15 is 0 Å². The van der Waals surface area contributed by atoms with E-state index in [0.717, 1.165) is 18.7 Å². The molecule has 1 atom stereocenters. The summed E-state index contributed by atoms with van der Waals surface area (Å²) in [6, 6.07) is 3.54. The standard InChI is InChI=1S/C15H24ClN3O4/c1-10(20)7-18-3-4-19-8-11-5-12(16)15(13(6-11)22-2)23-9-14(17)21/h5-6,10,18-20H,3-4,7-9H2,1-2H3,(H2,17,21)/t10-/m1/s1. The first-order valence-corrected chi connectivity index (χ1v) is 7.68. The predicted octanol–water partition coefficient (Wildman–Crippen LogP) is 0.273. The molecule has 0 spiro atoms. The Morgan fingerprint density at radius 3 is 2.70 bits per heavy atom. The molecular weight excluding hydrogens is 322 g/mol. The van der Waals surface area contributed by atoms with E-state index in [0.29, 0.717) is 29.6 Å². The molecule has 0 saturated heterocycles. The fourth-order valence-electron chi connectivity index (χ4n) is 1.88. The Labute approximate surface area is 141 Å². The lowest BCUT2D eigenvalue weighted by Crippen LogP contribution is -2.31. The van der Waals surface area contributed by atoms with Crippen LogP contribution in [-0.2, 0) is 11.3 Å². The first-order chi connectivity index (χ1) is 10.9. The second-order valence-electron chi connectivity index (χ2n) is 5.09. The number of primary amides is 1. The van der Waals surface area contributed by atoms with E-state index in [2.05, 4.69) is 10.6 Å². The predicted molar refractivity (Wildman–Crippen MR) is 89.0 cm³/mol. The van der Waals surface area contributed by atoms with Crippen LogP contribution >= 0.6 is 11.6 Å². The van der Waals surface area contributed by atoms with Gasteiger partial charge >= 0.3 is 0 Å². The second-order valence-corrected chi connectivity index (χ2v) is 5.50. The van der Waals surface area contributed by atoms with Gasteiger partial charge in [0.25, 0.3) is 5.91 Å². The quantitative estimate of drug-likeness (QED) is 0.429. The lowest BCUT2D eigenvalue weighted by Gasteiger charge is -2.14.